The number of rotatable bonds is 6. The molecule has 1 N–H and O–H groups in total. The smallest absolute Gasteiger partial charge is 0.0717 e. The minimum Gasteiger partial charge on any atom is -0.396 e. The quantitative estimate of drug-likeness (QED) is 0.850. The highest BCUT2D eigenvalue weighted by molar-refractivity contribution is 5.13. The van der Waals surface area contributed by atoms with Crippen LogP contribution in [0.3, 0.4) is 0 Å². The molecule has 0 aromatic heterocycles. The Balaban J connectivity index is 1.76. The van der Waals surface area contributed by atoms with Crippen LogP contribution < -0.4 is 0 Å². The van der Waals surface area contributed by atoms with Gasteiger partial charge in [0.1, 0.15) is 0 Å². The van der Waals surface area contributed by atoms with E-state index in [0.29, 0.717) is 36.4 Å². The van der Waals surface area contributed by atoms with E-state index in [0.717, 1.165) is 6.61 Å². The molecular weight excluding hydrogens is 236 g/mol. The average molecular weight is 262 g/mol. The number of ether oxygens (including phenoxy) is 1. The van der Waals surface area contributed by atoms with Crippen molar-refractivity contribution in [3.63, 3.8) is 0 Å². The van der Waals surface area contributed by atoms with Crippen molar-refractivity contribution in [1.82, 2.24) is 0 Å². The molecule has 3 unspecified atom stereocenters. The minimum atomic E-state index is 0.291. The largest absolute Gasteiger partial charge is 0.396 e. The Morgan fingerprint density at radius 1 is 1.32 bits per heavy atom. The van der Waals surface area contributed by atoms with E-state index in [4.69, 9.17) is 4.74 Å². The highest BCUT2D eigenvalue weighted by Gasteiger charge is 2.49. The molecule has 2 heteroatoms. The molecule has 0 heterocycles. The van der Waals surface area contributed by atoms with E-state index < -0.39 is 0 Å². The van der Waals surface area contributed by atoms with Crippen molar-refractivity contribution in [3.05, 3.63) is 35.9 Å². The van der Waals surface area contributed by atoms with E-state index in [9.17, 15) is 5.11 Å². The number of benzene rings is 1. The lowest BCUT2D eigenvalue weighted by Gasteiger charge is -2.54. The van der Waals surface area contributed by atoms with Crippen LogP contribution in [0.2, 0.25) is 0 Å². The second-order valence-corrected chi connectivity index (χ2v) is 6.52. The summed E-state index contributed by atoms with van der Waals surface area (Å²) in [4.78, 5) is 0. The van der Waals surface area contributed by atoms with Gasteiger partial charge in [0.15, 0.2) is 0 Å². The average Bonchev–Trinajstić information content (AvgIpc) is 2.42. The van der Waals surface area contributed by atoms with Gasteiger partial charge < -0.3 is 9.84 Å². The Hall–Kier alpha value is -0.860. The topological polar surface area (TPSA) is 29.5 Å². The fraction of sp³-hybridized carbons (Fsp3) is 0.647. The normalized spacial score (nSPS) is 26.7. The van der Waals surface area contributed by atoms with Crippen LogP contribution >= 0.6 is 0 Å². The molecule has 19 heavy (non-hydrogen) atoms. The summed E-state index contributed by atoms with van der Waals surface area (Å²) in [7, 11) is 0. The molecule has 2 nitrogen and oxygen atoms in total. The highest BCUT2D eigenvalue weighted by atomic mass is 16.5. The second-order valence-electron chi connectivity index (χ2n) is 6.52. The molecule has 1 saturated carbocycles. The lowest BCUT2D eigenvalue weighted by Crippen LogP contribution is -2.50. The van der Waals surface area contributed by atoms with E-state index in [1.807, 2.05) is 18.2 Å². The SMILES string of the molecule is CC(CO)C1CC(COCc2ccccc2)C1(C)C. The third kappa shape index (κ3) is 3.18. The molecule has 106 valence electrons. The van der Waals surface area contributed by atoms with Gasteiger partial charge in [-0.1, -0.05) is 51.1 Å². The molecule has 2 rings (SSSR count). The Morgan fingerprint density at radius 3 is 2.58 bits per heavy atom. The number of aliphatic hydroxyl groups excluding tert-OH is 1. The van der Waals surface area contributed by atoms with Gasteiger partial charge in [0.25, 0.3) is 0 Å². The molecule has 3 atom stereocenters. The van der Waals surface area contributed by atoms with Gasteiger partial charge in [0.05, 0.1) is 13.2 Å². The molecule has 0 amide bonds. The predicted molar refractivity (Wildman–Crippen MR) is 77.7 cm³/mol. The van der Waals surface area contributed by atoms with Gasteiger partial charge in [-0.25, -0.2) is 0 Å². The van der Waals surface area contributed by atoms with E-state index in [-0.39, 0.29) is 0 Å². The first-order chi connectivity index (χ1) is 9.05. The zero-order valence-corrected chi connectivity index (χ0v) is 12.3. The Bertz CT molecular complexity index is 386. The Labute approximate surface area is 116 Å². The van der Waals surface area contributed by atoms with Crippen LogP contribution in [0, 0.1) is 23.2 Å². The van der Waals surface area contributed by atoms with Crippen molar-refractivity contribution in [2.75, 3.05) is 13.2 Å². The van der Waals surface area contributed by atoms with Gasteiger partial charge in [-0.15, -0.1) is 0 Å². The van der Waals surface area contributed by atoms with Gasteiger partial charge >= 0.3 is 0 Å². The maximum Gasteiger partial charge on any atom is 0.0717 e. The molecule has 1 fully saturated rings. The molecule has 1 aliphatic carbocycles. The van der Waals surface area contributed by atoms with Crippen LogP contribution in [-0.4, -0.2) is 18.3 Å². The van der Waals surface area contributed by atoms with Crippen molar-refractivity contribution >= 4 is 0 Å². The first-order valence-electron chi connectivity index (χ1n) is 7.28. The maximum absolute atomic E-state index is 9.28. The van der Waals surface area contributed by atoms with Gasteiger partial charge in [-0.05, 0) is 35.2 Å². The molecule has 0 radical (unpaired) electrons. The first kappa shape index (κ1) is 14.5. The summed E-state index contributed by atoms with van der Waals surface area (Å²) in [6.07, 6.45) is 1.18. The zero-order chi connectivity index (χ0) is 13.9. The summed E-state index contributed by atoms with van der Waals surface area (Å²) in [6.45, 7) is 8.59. The minimum absolute atomic E-state index is 0.291. The van der Waals surface area contributed by atoms with Gasteiger partial charge in [-0.2, -0.15) is 0 Å². The van der Waals surface area contributed by atoms with Crippen LogP contribution in [0.25, 0.3) is 0 Å². The molecule has 0 aliphatic heterocycles. The van der Waals surface area contributed by atoms with Crippen molar-refractivity contribution < 1.29 is 9.84 Å². The zero-order valence-electron chi connectivity index (χ0n) is 12.3. The van der Waals surface area contributed by atoms with E-state index in [1.54, 1.807) is 0 Å². The van der Waals surface area contributed by atoms with Crippen molar-refractivity contribution in [1.29, 1.82) is 0 Å². The van der Waals surface area contributed by atoms with Crippen molar-refractivity contribution in [3.8, 4) is 0 Å². The van der Waals surface area contributed by atoms with Crippen LogP contribution in [0.15, 0.2) is 30.3 Å². The molecular formula is C17H26O2. The van der Waals surface area contributed by atoms with Crippen LogP contribution in [0.1, 0.15) is 32.8 Å². The van der Waals surface area contributed by atoms with E-state index >= 15 is 0 Å². The number of aliphatic hydroxyl groups is 1. The third-order valence-electron chi connectivity index (χ3n) is 4.95. The monoisotopic (exact) mass is 262 g/mol. The first-order valence-corrected chi connectivity index (χ1v) is 7.28. The van der Waals surface area contributed by atoms with Crippen LogP contribution in [-0.2, 0) is 11.3 Å². The lowest BCUT2D eigenvalue weighted by atomic mass is 9.52. The van der Waals surface area contributed by atoms with Gasteiger partial charge in [-0.3, -0.25) is 0 Å². The van der Waals surface area contributed by atoms with E-state index in [1.165, 1.54) is 12.0 Å². The van der Waals surface area contributed by atoms with E-state index in [2.05, 4.69) is 32.9 Å². The number of hydrogen-bond donors (Lipinski definition) is 1. The summed E-state index contributed by atoms with van der Waals surface area (Å²) >= 11 is 0. The lowest BCUT2D eigenvalue weighted by molar-refractivity contribution is -0.103. The van der Waals surface area contributed by atoms with Gasteiger partial charge in [0, 0.05) is 6.61 Å². The molecule has 0 bridgehead atoms. The number of hydrogen-bond acceptors (Lipinski definition) is 2. The molecule has 1 aromatic rings. The standard InChI is InChI=1S/C17H26O2/c1-13(10-18)16-9-15(17(16,2)3)12-19-11-14-7-5-4-6-8-14/h4-8,13,15-16,18H,9-12H2,1-3H3. The summed E-state index contributed by atoms with van der Waals surface area (Å²) < 4.78 is 5.86. The molecule has 0 spiro atoms. The summed E-state index contributed by atoms with van der Waals surface area (Å²) in [6, 6.07) is 10.3. The molecule has 1 aliphatic rings. The highest BCUT2D eigenvalue weighted by Crippen LogP contribution is 2.54. The predicted octanol–water partition coefficient (Wildman–Crippen LogP) is 3.49. The van der Waals surface area contributed by atoms with Crippen LogP contribution in [0.5, 0.6) is 0 Å². The summed E-state index contributed by atoms with van der Waals surface area (Å²) in [5.74, 6) is 1.65. The maximum atomic E-state index is 9.28. The van der Waals surface area contributed by atoms with Gasteiger partial charge in [0.2, 0.25) is 0 Å². The second kappa shape index (κ2) is 6.06. The Morgan fingerprint density at radius 2 is 2.00 bits per heavy atom. The Kier molecular flexibility index (Phi) is 4.64. The summed E-state index contributed by atoms with van der Waals surface area (Å²) in [5.41, 5.74) is 1.53. The molecule has 1 aromatic carbocycles. The van der Waals surface area contributed by atoms with Crippen LogP contribution in [0.4, 0.5) is 0 Å². The third-order valence-corrected chi connectivity index (χ3v) is 4.95. The van der Waals surface area contributed by atoms with Crippen molar-refractivity contribution in [2.24, 2.45) is 23.2 Å². The van der Waals surface area contributed by atoms with Crippen molar-refractivity contribution in [2.45, 2.75) is 33.8 Å². The fourth-order valence-corrected chi connectivity index (χ4v) is 3.33. The molecule has 0 saturated heterocycles. The summed E-state index contributed by atoms with van der Waals surface area (Å²) in [5, 5.41) is 9.28. The fourth-order valence-electron chi connectivity index (χ4n) is 3.33.